The number of anilines is 1. The molecular formula is C16H14F3N3O2S. The van der Waals surface area contributed by atoms with E-state index in [0.29, 0.717) is 10.6 Å². The van der Waals surface area contributed by atoms with Gasteiger partial charge >= 0.3 is 18.2 Å². The molecule has 0 fully saturated rings. The van der Waals surface area contributed by atoms with Gasteiger partial charge in [-0.2, -0.15) is 13.2 Å². The molecule has 0 unspecified atom stereocenters. The molecule has 9 heteroatoms. The largest absolute Gasteiger partial charge is 0.416 e. The lowest BCUT2D eigenvalue weighted by molar-refractivity contribution is -0.137. The van der Waals surface area contributed by atoms with Crippen molar-refractivity contribution in [1.82, 2.24) is 4.90 Å². The number of benzene rings is 2. The summed E-state index contributed by atoms with van der Waals surface area (Å²) >= 11 is 1.28. The summed E-state index contributed by atoms with van der Waals surface area (Å²) in [6.07, 6.45) is -4.36. The van der Waals surface area contributed by atoms with Gasteiger partial charge in [-0.3, -0.25) is 0 Å². The number of amides is 4. The predicted octanol–water partition coefficient (Wildman–Crippen LogP) is 4.40. The number of nitrogens with two attached hydrogens (primary N) is 1. The molecule has 25 heavy (non-hydrogen) atoms. The summed E-state index contributed by atoms with van der Waals surface area (Å²) < 4.78 is 37.6. The molecule has 2 rings (SSSR count). The molecule has 0 aromatic heterocycles. The van der Waals surface area contributed by atoms with Crippen molar-refractivity contribution in [2.24, 2.45) is 5.73 Å². The monoisotopic (exact) mass is 369 g/mol. The molecule has 0 saturated carbocycles. The molecule has 0 aliphatic carbocycles. The topological polar surface area (TPSA) is 75.4 Å². The fourth-order valence-corrected chi connectivity index (χ4v) is 2.58. The van der Waals surface area contributed by atoms with Crippen LogP contribution in [0.4, 0.5) is 28.4 Å². The van der Waals surface area contributed by atoms with Gasteiger partial charge in [-0.15, -0.1) is 0 Å². The average molecular weight is 369 g/mol. The smallest absolute Gasteiger partial charge is 0.351 e. The zero-order valence-electron chi connectivity index (χ0n) is 13.0. The standard InChI is InChI=1S/C16H14F3N3O2S/c1-22(14(20)23)15(24)21-11-4-8-13(9-5-11)25-12-6-2-10(3-7-12)16(17,18)19/h2-9H,1H3,(H2,20,23)(H,21,24). The van der Waals surface area contributed by atoms with E-state index >= 15 is 0 Å². The van der Waals surface area contributed by atoms with Crippen molar-refractivity contribution >= 4 is 29.5 Å². The third-order valence-electron chi connectivity index (χ3n) is 3.16. The SMILES string of the molecule is CN(C(N)=O)C(=O)Nc1ccc(Sc2ccc(C(F)(F)F)cc2)cc1. The highest BCUT2D eigenvalue weighted by Crippen LogP contribution is 2.33. The molecule has 0 heterocycles. The quantitative estimate of drug-likeness (QED) is 0.842. The Bertz CT molecular complexity index is 762. The first-order valence-corrected chi connectivity index (χ1v) is 7.78. The number of rotatable bonds is 3. The van der Waals surface area contributed by atoms with E-state index in [9.17, 15) is 22.8 Å². The van der Waals surface area contributed by atoms with Gasteiger partial charge in [0.1, 0.15) is 0 Å². The molecule has 0 radical (unpaired) electrons. The molecule has 4 amide bonds. The third-order valence-corrected chi connectivity index (χ3v) is 4.17. The lowest BCUT2D eigenvalue weighted by atomic mass is 10.2. The summed E-state index contributed by atoms with van der Waals surface area (Å²) in [5.74, 6) is 0. The summed E-state index contributed by atoms with van der Waals surface area (Å²) in [4.78, 5) is 24.7. The van der Waals surface area contributed by atoms with Gasteiger partial charge in [0.25, 0.3) is 0 Å². The van der Waals surface area contributed by atoms with Crippen LogP contribution in [0.25, 0.3) is 0 Å². The first-order valence-electron chi connectivity index (χ1n) is 6.96. The van der Waals surface area contributed by atoms with Crippen LogP contribution >= 0.6 is 11.8 Å². The van der Waals surface area contributed by atoms with Crippen LogP contribution in [0.15, 0.2) is 58.3 Å². The number of halogens is 3. The van der Waals surface area contributed by atoms with Crippen LogP contribution in [0.3, 0.4) is 0 Å². The molecule has 0 saturated heterocycles. The van der Waals surface area contributed by atoms with Gasteiger partial charge in [-0.25, -0.2) is 14.5 Å². The van der Waals surface area contributed by atoms with Crippen molar-refractivity contribution in [2.75, 3.05) is 12.4 Å². The van der Waals surface area contributed by atoms with Crippen LogP contribution in [0.5, 0.6) is 0 Å². The number of urea groups is 2. The van der Waals surface area contributed by atoms with E-state index in [1.165, 1.54) is 30.9 Å². The normalized spacial score (nSPS) is 11.0. The van der Waals surface area contributed by atoms with E-state index in [2.05, 4.69) is 5.32 Å². The fraction of sp³-hybridized carbons (Fsp3) is 0.125. The predicted molar refractivity (Wildman–Crippen MR) is 88.4 cm³/mol. The van der Waals surface area contributed by atoms with Crippen LogP contribution in [-0.4, -0.2) is 24.0 Å². The highest BCUT2D eigenvalue weighted by molar-refractivity contribution is 7.99. The molecule has 2 aromatic carbocycles. The maximum absolute atomic E-state index is 12.5. The molecule has 3 N–H and O–H groups in total. The van der Waals surface area contributed by atoms with Gasteiger partial charge in [0.05, 0.1) is 5.56 Å². The Morgan fingerprint density at radius 1 is 1.00 bits per heavy atom. The number of nitrogens with one attached hydrogen (secondary N) is 1. The van der Waals surface area contributed by atoms with Crippen molar-refractivity contribution < 1.29 is 22.8 Å². The van der Waals surface area contributed by atoms with Crippen LogP contribution < -0.4 is 11.1 Å². The van der Waals surface area contributed by atoms with E-state index in [1.54, 1.807) is 24.3 Å². The van der Waals surface area contributed by atoms with Gasteiger partial charge in [-0.1, -0.05) is 11.8 Å². The molecule has 0 aliphatic rings. The number of primary amides is 1. The zero-order valence-corrected chi connectivity index (χ0v) is 13.8. The van der Waals surface area contributed by atoms with E-state index in [0.717, 1.165) is 21.9 Å². The van der Waals surface area contributed by atoms with Gasteiger partial charge in [-0.05, 0) is 48.5 Å². The van der Waals surface area contributed by atoms with Gasteiger partial charge < -0.3 is 11.1 Å². The van der Waals surface area contributed by atoms with E-state index in [-0.39, 0.29) is 0 Å². The number of carbonyl (C=O) groups is 2. The lowest BCUT2D eigenvalue weighted by Crippen LogP contribution is -2.40. The molecular weight excluding hydrogens is 355 g/mol. The van der Waals surface area contributed by atoms with Crippen molar-refractivity contribution in [2.45, 2.75) is 16.0 Å². The van der Waals surface area contributed by atoms with Crippen LogP contribution in [-0.2, 0) is 6.18 Å². The van der Waals surface area contributed by atoms with Crippen LogP contribution in [0.2, 0.25) is 0 Å². The number of alkyl halides is 3. The van der Waals surface area contributed by atoms with Gasteiger partial charge in [0.2, 0.25) is 0 Å². The number of carbonyl (C=O) groups excluding carboxylic acids is 2. The molecule has 0 atom stereocenters. The van der Waals surface area contributed by atoms with Gasteiger partial charge in [0, 0.05) is 22.5 Å². The Hall–Kier alpha value is -2.68. The van der Waals surface area contributed by atoms with Crippen LogP contribution in [0.1, 0.15) is 5.56 Å². The molecule has 132 valence electrons. The maximum atomic E-state index is 12.5. The van der Waals surface area contributed by atoms with E-state index in [4.69, 9.17) is 5.73 Å². The zero-order chi connectivity index (χ0) is 18.6. The summed E-state index contributed by atoms with van der Waals surface area (Å²) in [6, 6.07) is 9.90. The summed E-state index contributed by atoms with van der Waals surface area (Å²) in [7, 11) is 1.24. The number of nitrogens with zero attached hydrogens (tertiary/aromatic N) is 1. The molecule has 2 aromatic rings. The lowest BCUT2D eigenvalue weighted by Gasteiger charge is -2.13. The maximum Gasteiger partial charge on any atom is 0.416 e. The van der Waals surface area contributed by atoms with Crippen molar-refractivity contribution in [1.29, 1.82) is 0 Å². The summed E-state index contributed by atoms with van der Waals surface area (Å²) in [5.41, 5.74) is 4.74. The fourth-order valence-electron chi connectivity index (χ4n) is 1.76. The Kier molecular flexibility index (Phi) is 5.58. The second-order valence-corrected chi connectivity index (χ2v) is 6.12. The summed E-state index contributed by atoms with van der Waals surface area (Å²) in [6.45, 7) is 0. The number of hydrogen-bond donors (Lipinski definition) is 2. The Balaban J connectivity index is 2.01. The first-order chi connectivity index (χ1) is 11.7. The van der Waals surface area contributed by atoms with Crippen LogP contribution in [0, 0.1) is 0 Å². The van der Waals surface area contributed by atoms with Gasteiger partial charge in [0.15, 0.2) is 0 Å². The minimum atomic E-state index is -4.36. The number of hydrogen-bond acceptors (Lipinski definition) is 3. The number of imide groups is 1. The van der Waals surface area contributed by atoms with Crippen molar-refractivity contribution in [3.63, 3.8) is 0 Å². The first kappa shape index (κ1) is 18.7. The Morgan fingerprint density at radius 3 is 1.92 bits per heavy atom. The Morgan fingerprint density at radius 2 is 1.48 bits per heavy atom. The third kappa shape index (κ3) is 5.15. The molecule has 0 aliphatic heterocycles. The van der Waals surface area contributed by atoms with E-state index < -0.39 is 23.8 Å². The minimum Gasteiger partial charge on any atom is -0.351 e. The van der Waals surface area contributed by atoms with Crippen molar-refractivity contribution in [3.05, 3.63) is 54.1 Å². The Labute approximate surface area is 146 Å². The second kappa shape index (κ2) is 7.47. The highest BCUT2D eigenvalue weighted by atomic mass is 32.2. The minimum absolute atomic E-state index is 0.454. The highest BCUT2D eigenvalue weighted by Gasteiger charge is 2.29. The molecule has 5 nitrogen and oxygen atoms in total. The van der Waals surface area contributed by atoms with Crippen molar-refractivity contribution in [3.8, 4) is 0 Å². The molecule has 0 bridgehead atoms. The average Bonchev–Trinajstić information content (AvgIpc) is 2.55. The van der Waals surface area contributed by atoms with E-state index in [1.807, 2.05) is 0 Å². The molecule has 0 spiro atoms. The second-order valence-electron chi connectivity index (χ2n) is 4.98. The summed E-state index contributed by atoms with van der Waals surface area (Å²) in [5, 5.41) is 2.49.